The molecule has 0 radical (unpaired) electrons. The summed E-state index contributed by atoms with van der Waals surface area (Å²) in [5.74, 6) is -0.743. The Morgan fingerprint density at radius 3 is 1.53 bits per heavy atom. The fourth-order valence-corrected chi connectivity index (χ4v) is 3.84. The lowest BCUT2D eigenvalue weighted by molar-refractivity contribution is -0.122. The van der Waals surface area contributed by atoms with Crippen molar-refractivity contribution in [1.29, 1.82) is 0 Å². The number of amides is 1. The Balaban J connectivity index is 2.12. The highest BCUT2D eigenvalue weighted by atomic mass is 35.6. The van der Waals surface area contributed by atoms with E-state index in [1.807, 2.05) is 97.9 Å². The summed E-state index contributed by atoms with van der Waals surface area (Å²) in [6, 6.07) is 29.2. The minimum Gasteiger partial charge on any atom is -0.355 e. The molecule has 1 N–H and O–H groups in total. The second-order valence-corrected chi connectivity index (χ2v) is 9.62. The van der Waals surface area contributed by atoms with Crippen LogP contribution in [0, 0.1) is 0 Å². The van der Waals surface area contributed by atoms with Crippen molar-refractivity contribution in [3.8, 4) is 0 Å². The monoisotopic (exact) mass is 487 g/mol. The van der Waals surface area contributed by atoms with E-state index in [0.717, 1.165) is 16.7 Å². The van der Waals surface area contributed by atoms with Gasteiger partial charge in [0, 0.05) is 0 Å². The lowest BCUT2D eigenvalue weighted by Crippen LogP contribution is -2.49. The fourth-order valence-electron chi connectivity index (χ4n) is 3.68. The zero-order valence-electron chi connectivity index (χ0n) is 17.5. The van der Waals surface area contributed by atoms with Gasteiger partial charge < -0.3 is 10.1 Å². The number of hydrogen-bond donors (Lipinski definition) is 1. The molecule has 3 rings (SSSR count). The molecule has 0 aliphatic heterocycles. The molecular weight excluding hydrogens is 465 g/mol. The highest BCUT2D eigenvalue weighted by molar-refractivity contribution is 6.76. The van der Waals surface area contributed by atoms with Gasteiger partial charge in [-0.3, -0.25) is 4.79 Å². The van der Waals surface area contributed by atoms with Gasteiger partial charge in [-0.05, 0) is 23.6 Å². The maximum Gasteiger partial charge on any atom is 0.272 e. The smallest absolute Gasteiger partial charge is 0.272 e. The van der Waals surface area contributed by atoms with Crippen LogP contribution in [0.15, 0.2) is 104 Å². The quantitative estimate of drug-likeness (QED) is 0.225. The topological polar surface area (TPSA) is 38.3 Å². The number of carbonyl (C=O) groups excluding carboxylic acids is 1. The molecule has 0 heterocycles. The first-order valence-electron chi connectivity index (χ1n) is 10.1. The van der Waals surface area contributed by atoms with Crippen LogP contribution in [0.1, 0.15) is 23.6 Å². The van der Waals surface area contributed by atoms with Crippen LogP contribution in [0.25, 0.3) is 0 Å². The largest absolute Gasteiger partial charge is 0.355 e. The molecule has 166 valence electrons. The minimum absolute atomic E-state index is 0.524. The molecule has 0 aromatic heterocycles. The maximum absolute atomic E-state index is 12.3. The van der Waals surface area contributed by atoms with Crippen LogP contribution in [-0.4, -0.2) is 21.8 Å². The summed E-state index contributed by atoms with van der Waals surface area (Å²) in [6.07, 6.45) is 1.05. The molecule has 32 heavy (non-hydrogen) atoms. The number of benzene rings is 3. The summed E-state index contributed by atoms with van der Waals surface area (Å²) in [5.41, 5.74) is 1.88. The summed E-state index contributed by atoms with van der Waals surface area (Å²) in [4.78, 5) is 12.3. The first-order chi connectivity index (χ1) is 15.3. The molecule has 0 aliphatic carbocycles. The molecule has 0 saturated carbocycles. The van der Waals surface area contributed by atoms with E-state index in [1.54, 1.807) is 6.08 Å². The van der Waals surface area contributed by atoms with Gasteiger partial charge >= 0.3 is 0 Å². The third kappa shape index (κ3) is 5.36. The fraction of sp³-hybridized carbons (Fsp3) is 0.192. The van der Waals surface area contributed by atoms with Crippen LogP contribution in [0.5, 0.6) is 0 Å². The number of carbonyl (C=O) groups is 1. The van der Waals surface area contributed by atoms with Crippen molar-refractivity contribution in [2.24, 2.45) is 0 Å². The van der Waals surface area contributed by atoms with E-state index in [4.69, 9.17) is 39.5 Å². The van der Waals surface area contributed by atoms with E-state index in [-0.39, 0.29) is 0 Å². The van der Waals surface area contributed by atoms with Crippen molar-refractivity contribution in [3.05, 3.63) is 120 Å². The van der Waals surface area contributed by atoms with Crippen LogP contribution < -0.4 is 5.32 Å². The first-order valence-corrected chi connectivity index (χ1v) is 11.3. The number of ether oxygens (including phenoxy) is 1. The van der Waals surface area contributed by atoms with Crippen molar-refractivity contribution in [3.63, 3.8) is 0 Å². The summed E-state index contributed by atoms with van der Waals surface area (Å²) in [7, 11) is 0. The Morgan fingerprint density at radius 2 is 1.22 bits per heavy atom. The molecular formula is C26H24Cl3NO2. The van der Waals surface area contributed by atoms with E-state index >= 15 is 0 Å². The van der Waals surface area contributed by atoms with Gasteiger partial charge in [-0.2, -0.15) is 0 Å². The number of alkyl halides is 3. The van der Waals surface area contributed by atoms with E-state index in [1.165, 1.54) is 0 Å². The van der Waals surface area contributed by atoms with Crippen molar-refractivity contribution < 1.29 is 9.53 Å². The molecule has 2 atom stereocenters. The summed E-state index contributed by atoms with van der Waals surface area (Å²) in [6.45, 7) is 5.70. The van der Waals surface area contributed by atoms with Gasteiger partial charge in [0.25, 0.3) is 9.70 Å². The van der Waals surface area contributed by atoms with Gasteiger partial charge in [0.05, 0.1) is 12.1 Å². The van der Waals surface area contributed by atoms with Crippen LogP contribution in [0.3, 0.4) is 0 Å². The predicted octanol–water partition coefficient (Wildman–Crippen LogP) is 6.42. The average molecular weight is 489 g/mol. The molecule has 0 saturated heterocycles. The Hall–Kier alpha value is -2.30. The Bertz CT molecular complexity index is 925. The normalized spacial score (nSPS) is 13.8. The molecule has 1 amide bonds. The van der Waals surface area contributed by atoms with Crippen molar-refractivity contribution in [2.75, 3.05) is 0 Å². The molecule has 6 heteroatoms. The molecule has 0 spiro atoms. The maximum atomic E-state index is 12.3. The molecule has 3 aromatic rings. The highest BCUT2D eigenvalue weighted by Gasteiger charge is 2.41. The van der Waals surface area contributed by atoms with E-state index < -0.39 is 27.4 Å². The second-order valence-electron chi connectivity index (χ2n) is 7.33. The van der Waals surface area contributed by atoms with Crippen LogP contribution in [-0.2, 0) is 15.1 Å². The Labute approximate surface area is 204 Å². The van der Waals surface area contributed by atoms with Gasteiger partial charge in [-0.15, -0.1) is 6.58 Å². The zero-order chi connectivity index (χ0) is 23.2. The Kier molecular flexibility index (Phi) is 8.02. The lowest BCUT2D eigenvalue weighted by atomic mass is 9.79. The third-order valence-electron chi connectivity index (χ3n) is 5.22. The zero-order valence-corrected chi connectivity index (χ0v) is 19.8. The number of hydrogen-bond acceptors (Lipinski definition) is 2. The standard InChI is InChI=1S/C26H24Cl3NO2/c1-3-23(30-24(31)26(27,28)29)19(2)32-25(20-13-7-4-8-14-20,21-15-9-5-10-16-21)22-17-11-6-12-18-22/h3-19,23H,1H2,2H3,(H,30,31)/t19-,23+/m0/s1. The van der Waals surface area contributed by atoms with Gasteiger partial charge in [0.1, 0.15) is 5.60 Å². The predicted molar refractivity (Wildman–Crippen MR) is 132 cm³/mol. The Morgan fingerprint density at radius 1 is 0.844 bits per heavy atom. The van der Waals surface area contributed by atoms with E-state index in [9.17, 15) is 4.79 Å². The highest BCUT2D eigenvalue weighted by Crippen LogP contribution is 2.41. The number of halogens is 3. The van der Waals surface area contributed by atoms with Gasteiger partial charge in [-0.25, -0.2) is 0 Å². The summed E-state index contributed by atoms with van der Waals surface area (Å²) in [5, 5.41) is 2.71. The van der Waals surface area contributed by atoms with Crippen molar-refractivity contribution >= 4 is 40.7 Å². The average Bonchev–Trinajstić information content (AvgIpc) is 2.81. The van der Waals surface area contributed by atoms with Crippen molar-refractivity contribution in [2.45, 2.75) is 28.5 Å². The van der Waals surface area contributed by atoms with Crippen LogP contribution in [0.2, 0.25) is 0 Å². The number of nitrogens with one attached hydrogen (secondary N) is 1. The molecule has 0 bridgehead atoms. The molecule has 3 aromatic carbocycles. The molecule has 0 aliphatic rings. The second kappa shape index (κ2) is 10.5. The first kappa shape index (κ1) is 24.3. The van der Waals surface area contributed by atoms with Crippen LogP contribution in [0.4, 0.5) is 0 Å². The SMILES string of the molecule is C=C[C@@H](NC(=O)C(Cl)(Cl)Cl)[C@H](C)OC(c1ccccc1)(c1ccccc1)c1ccccc1. The van der Waals surface area contributed by atoms with Gasteiger partial charge in [0.2, 0.25) is 0 Å². The molecule has 0 unspecified atom stereocenters. The third-order valence-corrected chi connectivity index (χ3v) is 5.73. The van der Waals surface area contributed by atoms with E-state index in [2.05, 4.69) is 11.9 Å². The lowest BCUT2D eigenvalue weighted by Gasteiger charge is -2.40. The van der Waals surface area contributed by atoms with Crippen molar-refractivity contribution in [1.82, 2.24) is 5.32 Å². The molecule has 0 fully saturated rings. The van der Waals surface area contributed by atoms with Crippen LogP contribution >= 0.6 is 34.8 Å². The van der Waals surface area contributed by atoms with Gasteiger partial charge in [-0.1, -0.05) is 132 Å². The summed E-state index contributed by atoms with van der Waals surface area (Å²) < 4.78 is 4.76. The molecule has 3 nitrogen and oxygen atoms in total. The minimum atomic E-state index is -2.09. The van der Waals surface area contributed by atoms with E-state index in [0.29, 0.717) is 0 Å². The summed E-state index contributed by atoms with van der Waals surface area (Å²) >= 11 is 17.3. The van der Waals surface area contributed by atoms with Gasteiger partial charge in [0.15, 0.2) is 0 Å². The number of rotatable bonds is 8.